The standard InChI is InChI=1S/C14H18N2O3/c1-9-7-11(4-5-12(9)14(18)19)16-13(17)10-3-2-6-15-8-10/h4-5,7,10,15H,2-3,6,8H2,1H3,(H,16,17)(H,18,19). The summed E-state index contributed by atoms with van der Waals surface area (Å²) in [6.07, 6.45) is 1.90. The number of hydrogen-bond acceptors (Lipinski definition) is 3. The Labute approximate surface area is 112 Å². The largest absolute Gasteiger partial charge is 0.478 e. The van der Waals surface area contributed by atoms with Crippen LogP contribution < -0.4 is 10.6 Å². The highest BCUT2D eigenvalue weighted by Crippen LogP contribution is 2.18. The minimum atomic E-state index is -0.952. The van der Waals surface area contributed by atoms with Gasteiger partial charge in [0.1, 0.15) is 0 Å². The van der Waals surface area contributed by atoms with Crippen LogP contribution in [0.5, 0.6) is 0 Å². The first-order chi connectivity index (χ1) is 9.08. The molecule has 2 rings (SSSR count). The summed E-state index contributed by atoms with van der Waals surface area (Å²) >= 11 is 0. The van der Waals surface area contributed by atoms with Crippen molar-refractivity contribution in [1.29, 1.82) is 0 Å². The molecule has 102 valence electrons. The van der Waals surface area contributed by atoms with Crippen molar-refractivity contribution in [2.24, 2.45) is 5.92 Å². The van der Waals surface area contributed by atoms with Crippen LogP contribution in [0.2, 0.25) is 0 Å². The van der Waals surface area contributed by atoms with E-state index < -0.39 is 5.97 Å². The fourth-order valence-corrected chi connectivity index (χ4v) is 2.30. The zero-order valence-corrected chi connectivity index (χ0v) is 10.9. The minimum absolute atomic E-state index is 0.00493. The van der Waals surface area contributed by atoms with E-state index in [-0.39, 0.29) is 17.4 Å². The lowest BCUT2D eigenvalue weighted by Gasteiger charge is -2.22. The van der Waals surface area contributed by atoms with E-state index in [2.05, 4.69) is 10.6 Å². The summed E-state index contributed by atoms with van der Waals surface area (Å²) in [5.74, 6) is -0.963. The van der Waals surface area contributed by atoms with Gasteiger partial charge in [-0.15, -0.1) is 0 Å². The molecule has 1 unspecified atom stereocenters. The first-order valence-corrected chi connectivity index (χ1v) is 6.43. The van der Waals surface area contributed by atoms with Crippen LogP contribution in [0, 0.1) is 12.8 Å². The number of rotatable bonds is 3. The lowest BCUT2D eigenvalue weighted by molar-refractivity contribution is -0.120. The summed E-state index contributed by atoms with van der Waals surface area (Å²) in [4.78, 5) is 22.9. The van der Waals surface area contributed by atoms with Gasteiger partial charge >= 0.3 is 5.97 Å². The molecule has 1 aliphatic rings. The summed E-state index contributed by atoms with van der Waals surface area (Å²) in [5.41, 5.74) is 1.56. The number of aromatic carboxylic acids is 1. The van der Waals surface area contributed by atoms with E-state index >= 15 is 0 Å². The second kappa shape index (κ2) is 5.84. The molecule has 5 heteroatoms. The third kappa shape index (κ3) is 3.32. The predicted octanol–water partition coefficient (Wildman–Crippen LogP) is 1.63. The van der Waals surface area contributed by atoms with Gasteiger partial charge in [-0.25, -0.2) is 4.79 Å². The van der Waals surface area contributed by atoms with E-state index in [1.54, 1.807) is 19.1 Å². The maximum Gasteiger partial charge on any atom is 0.335 e. The van der Waals surface area contributed by atoms with Gasteiger partial charge in [0, 0.05) is 12.2 Å². The molecule has 19 heavy (non-hydrogen) atoms. The molecule has 5 nitrogen and oxygen atoms in total. The average molecular weight is 262 g/mol. The second-order valence-corrected chi connectivity index (χ2v) is 4.87. The monoisotopic (exact) mass is 262 g/mol. The number of benzene rings is 1. The van der Waals surface area contributed by atoms with E-state index in [0.29, 0.717) is 17.8 Å². The molecule has 1 aromatic rings. The number of hydrogen-bond donors (Lipinski definition) is 3. The Morgan fingerprint density at radius 1 is 1.42 bits per heavy atom. The maximum atomic E-state index is 12.0. The van der Waals surface area contributed by atoms with Gasteiger partial charge in [0.2, 0.25) is 5.91 Å². The highest BCUT2D eigenvalue weighted by Gasteiger charge is 2.21. The van der Waals surface area contributed by atoms with E-state index in [1.807, 2.05) is 0 Å². The number of carboxylic acids is 1. The summed E-state index contributed by atoms with van der Waals surface area (Å²) < 4.78 is 0. The van der Waals surface area contributed by atoms with Gasteiger partial charge in [-0.05, 0) is 50.1 Å². The minimum Gasteiger partial charge on any atom is -0.478 e. The number of carboxylic acid groups (broad SMARTS) is 1. The molecular weight excluding hydrogens is 244 g/mol. The van der Waals surface area contributed by atoms with Gasteiger partial charge in [-0.1, -0.05) is 0 Å². The molecule has 0 aromatic heterocycles. The van der Waals surface area contributed by atoms with Crippen molar-refractivity contribution in [3.63, 3.8) is 0 Å². The lowest BCUT2D eigenvalue weighted by atomic mass is 9.98. The topological polar surface area (TPSA) is 78.4 Å². The van der Waals surface area contributed by atoms with Crippen LogP contribution in [0.25, 0.3) is 0 Å². The number of amides is 1. The first kappa shape index (κ1) is 13.5. The second-order valence-electron chi connectivity index (χ2n) is 4.87. The molecule has 0 aliphatic carbocycles. The van der Waals surface area contributed by atoms with Gasteiger partial charge < -0.3 is 15.7 Å². The lowest BCUT2D eigenvalue weighted by Crippen LogP contribution is -2.37. The summed E-state index contributed by atoms with van der Waals surface area (Å²) in [6, 6.07) is 4.84. The molecule has 0 saturated carbocycles. The zero-order chi connectivity index (χ0) is 13.8. The van der Waals surface area contributed by atoms with E-state index in [4.69, 9.17) is 5.11 Å². The summed E-state index contributed by atoms with van der Waals surface area (Å²) in [5, 5.41) is 15.0. The van der Waals surface area contributed by atoms with Gasteiger partial charge in [-0.3, -0.25) is 4.79 Å². The van der Waals surface area contributed by atoms with Gasteiger partial charge in [0.15, 0.2) is 0 Å². The zero-order valence-electron chi connectivity index (χ0n) is 10.9. The first-order valence-electron chi connectivity index (χ1n) is 6.43. The molecule has 3 N–H and O–H groups in total. The molecule has 1 amide bonds. The Hall–Kier alpha value is -1.88. The van der Waals surface area contributed by atoms with Crippen LogP contribution in [-0.4, -0.2) is 30.1 Å². The molecule has 1 aliphatic heterocycles. The Bertz CT molecular complexity index is 493. The van der Waals surface area contributed by atoms with E-state index in [0.717, 1.165) is 19.4 Å². The quantitative estimate of drug-likeness (QED) is 0.773. The number of aryl methyl sites for hydroxylation is 1. The third-order valence-corrected chi connectivity index (χ3v) is 3.39. The molecule has 0 radical (unpaired) electrons. The molecule has 0 bridgehead atoms. The molecule has 0 spiro atoms. The van der Waals surface area contributed by atoms with E-state index in [1.165, 1.54) is 6.07 Å². The average Bonchev–Trinajstić information content (AvgIpc) is 2.39. The number of carbonyl (C=O) groups is 2. The van der Waals surface area contributed by atoms with Gasteiger partial charge in [0.25, 0.3) is 0 Å². The van der Waals surface area contributed by atoms with Crippen molar-refractivity contribution in [2.45, 2.75) is 19.8 Å². The van der Waals surface area contributed by atoms with Crippen LogP contribution in [0.15, 0.2) is 18.2 Å². The Kier molecular flexibility index (Phi) is 4.16. The number of piperidine rings is 1. The van der Waals surface area contributed by atoms with Gasteiger partial charge in [-0.2, -0.15) is 0 Å². The molecule has 1 saturated heterocycles. The molecule has 1 aromatic carbocycles. The fourth-order valence-electron chi connectivity index (χ4n) is 2.30. The normalized spacial score (nSPS) is 18.9. The smallest absolute Gasteiger partial charge is 0.335 e. The number of nitrogens with one attached hydrogen (secondary N) is 2. The summed E-state index contributed by atoms with van der Waals surface area (Å²) in [7, 11) is 0. The van der Waals surface area contributed by atoms with Crippen molar-refractivity contribution >= 4 is 17.6 Å². The molecular formula is C14H18N2O3. The van der Waals surface area contributed by atoms with Crippen LogP contribution in [-0.2, 0) is 4.79 Å². The molecule has 1 atom stereocenters. The molecule has 1 fully saturated rings. The Morgan fingerprint density at radius 2 is 2.21 bits per heavy atom. The number of carbonyl (C=O) groups excluding carboxylic acids is 1. The van der Waals surface area contributed by atoms with Crippen molar-refractivity contribution in [3.8, 4) is 0 Å². The SMILES string of the molecule is Cc1cc(NC(=O)C2CCCNC2)ccc1C(=O)O. The van der Waals surface area contributed by atoms with E-state index in [9.17, 15) is 9.59 Å². The highest BCUT2D eigenvalue weighted by atomic mass is 16.4. The Morgan fingerprint density at radius 3 is 2.79 bits per heavy atom. The van der Waals surface area contributed by atoms with Gasteiger partial charge in [0.05, 0.1) is 11.5 Å². The predicted molar refractivity (Wildman–Crippen MR) is 72.4 cm³/mol. The number of anilines is 1. The highest BCUT2D eigenvalue weighted by molar-refractivity contribution is 5.94. The van der Waals surface area contributed by atoms with Crippen molar-refractivity contribution in [3.05, 3.63) is 29.3 Å². The van der Waals surface area contributed by atoms with Crippen LogP contribution in [0.4, 0.5) is 5.69 Å². The van der Waals surface area contributed by atoms with Crippen molar-refractivity contribution in [1.82, 2.24) is 5.32 Å². The maximum absolute atomic E-state index is 12.0. The Balaban J connectivity index is 2.04. The summed E-state index contributed by atoms with van der Waals surface area (Å²) in [6.45, 7) is 3.40. The van der Waals surface area contributed by atoms with Crippen molar-refractivity contribution < 1.29 is 14.7 Å². The molecule has 1 heterocycles. The fraction of sp³-hybridized carbons (Fsp3) is 0.429. The van der Waals surface area contributed by atoms with Crippen LogP contribution in [0.3, 0.4) is 0 Å². The van der Waals surface area contributed by atoms with Crippen LogP contribution in [0.1, 0.15) is 28.8 Å². The van der Waals surface area contributed by atoms with Crippen molar-refractivity contribution in [2.75, 3.05) is 18.4 Å². The van der Waals surface area contributed by atoms with Crippen LogP contribution >= 0.6 is 0 Å². The third-order valence-electron chi connectivity index (χ3n) is 3.39.